The number of hydrogen-bond acceptors (Lipinski definition) is 4. The number of carbonyl (C=O) groups is 1. The maximum atomic E-state index is 13.6. The lowest BCUT2D eigenvalue weighted by molar-refractivity contribution is 0.0695. The molecule has 94 valence electrons. The van der Waals surface area contributed by atoms with Crippen molar-refractivity contribution >= 4 is 17.7 Å². The molecule has 1 N–H and O–H groups in total. The SMILES string of the molecule is Cn1cnnc1Sc1c(F)cc(C(=O)O)cc1F. The van der Waals surface area contributed by atoms with Crippen molar-refractivity contribution in [3.63, 3.8) is 0 Å². The van der Waals surface area contributed by atoms with Crippen molar-refractivity contribution in [2.75, 3.05) is 0 Å². The largest absolute Gasteiger partial charge is 0.478 e. The fourth-order valence-corrected chi connectivity index (χ4v) is 2.01. The second kappa shape index (κ2) is 4.73. The lowest BCUT2D eigenvalue weighted by Crippen LogP contribution is -2.00. The molecule has 18 heavy (non-hydrogen) atoms. The van der Waals surface area contributed by atoms with Gasteiger partial charge in [-0.3, -0.25) is 0 Å². The molecule has 0 saturated carbocycles. The molecule has 5 nitrogen and oxygen atoms in total. The van der Waals surface area contributed by atoms with E-state index >= 15 is 0 Å². The summed E-state index contributed by atoms with van der Waals surface area (Å²) < 4.78 is 28.7. The maximum absolute atomic E-state index is 13.6. The van der Waals surface area contributed by atoms with Crippen LogP contribution in [-0.4, -0.2) is 25.8 Å². The molecule has 0 fully saturated rings. The van der Waals surface area contributed by atoms with Gasteiger partial charge in [-0.25, -0.2) is 13.6 Å². The Balaban J connectivity index is 2.40. The summed E-state index contributed by atoms with van der Waals surface area (Å²) >= 11 is 0.741. The van der Waals surface area contributed by atoms with Crippen LogP contribution in [-0.2, 0) is 7.05 Å². The minimum atomic E-state index is -1.39. The quantitative estimate of drug-likeness (QED) is 0.924. The lowest BCUT2D eigenvalue weighted by Gasteiger charge is -2.05. The number of hydrogen-bond donors (Lipinski definition) is 1. The standard InChI is InChI=1S/C10H7F2N3O2S/c1-15-4-13-14-10(15)18-8-6(11)2-5(9(16)17)3-7(8)12/h2-4H,1H3,(H,16,17). The summed E-state index contributed by atoms with van der Waals surface area (Å²) in [6, 6.07) is 1.54. The normalized spacial score (nSPS) is 10.6. The van der Waals surface area contributed by atoms with Gasteiger partial charge in [0, 0.05) is 7.05 Å². The highest BCUT2D eigenvalue weighted by atomic mass is 32.2. The van der Waals surface area contributed by atoms with Gasteiger partial charge in [-0.15, -0.1) is 10.2 Å². The summed E-state index contributed by atoms with van der Waals surface area (Å²) in [5.41, 5.74) is -0.438. The van der Waals surface area contributed by atoms with Crippen LogP contribution in [0.2, 0.25) is 0 Å². The molecule has 0 saturated heterocycles. The molecule has 8 heteroatoms. The maximum Gasteiger partial charge on any atom is 0.335 e. The average Bonchev–Trinajstić information content (AvgIpc) is 2.69. The lowest BCUT2D eigenvalue weighted by atomic mass is 10.2. The van der Waals surface area contributed by atoms with Crippen LogP contribution in [0.4, 0.5) is 8.78 Å². The van der Waals surface area contributed by atoms with Gasteiger partial charge in [0.2, 0.25) is 0 Å². The number of aromatic carboxylic acids is 1. The average molecular weight is 271 g/mol. The summed E-state index contributed by atoms with van der Waals surface area (Å²) in [6.07, 6.45) is 1.39. The Bertz CT molecular complexity index is 592. The Hall–Kier alpha value is -1.96. The van der Waals surface area contributed by atoms with Crippen molar-refractivity contribution in [3.8, 4) is 0 Å². The monoisotopic (exact) mass is 271 g/mol. The minimum Gasteiger partial charge on any atom is -0.478 e. The van der Waals surface area contributed by atoms with Crippen molar-refractivity contribution in [2.24, 2.45) is 7.05 Å². The van der Waals surface area contributed by atoms with Crippen LogP contribution in [0.1, 0.15) is 10.4 Å². The predicted octanol–water partition coefficient (Wildman–Crippen LogP) is 1.94. The van der Waals surface area contributed by atoms with Gasteiger partial charge >= 0.3 is 5.97 Å². The van der Waals surface area contributed by atoms with Gasteiger partial charge in [0.05, 0.1) is 10.5 Å². The van der Waals surface area contributed by atoms with E-state index in [1.54, 1.807) is 7.05 Å². The predicted molar refractivity (Wildman–Crippen MR) is 58.4 cm³/mol. The number of carboxylic acid groups (broad SMARTS) is 1. The van der Waals surface area contributed by atoms with Crippen LogP contribution in [0.25, 0.3) is 0 Å². The van der Waals surface area contributed by atoms with Crippen LogP contribution in [0, 0.1) is 11.6 Å². The second-order valence-corrected chi connectivity index (χ2v) is 4.38. The van der Waals surface area contributed by atoms with E-state index in [0.29, 0.717) is 5.16 Å². The van der Waals surface area contributed by atoms with Gasteiger partial charge in [-0.05, 0) is 23.9 Å². The molecule has 0 radical (unpaired) electrons. The molecule has 0 aliphatic heterocycles. The Kier molecular flexibility index (Phi) is 3.28. The Morgan fingerprint density at radius 2 is 2.00 bits per heavy atom. The number of halogens is 2. The molecule has 1 aromatic carbocycles. The second-order valence-electron chi connectivity index (χ2n) is 3.40. The zero-order valence-electron chi connectivity index (χ0n) is 9.09. The molecule has 0 aliphatic carbocycles. The van der Waals surface area contributed by atoms with Crippen LogP contribution in [0.3, 0.4) is 0 Å². The molecule has 0 aliphatic rings. The van der Waals surface area contributed by atoms with Crippen molar-refractivity contribution in [1.29, 1.82) is 0 Å². The topological polar surface area (TPSA) is 68.0 Å². The van der Waals surface area contributed by atoms with E-state index in [1.807, 2.05) is 0 Å². The fourth-order valence-electron chi connectivity index (χ4n) is 1.24. The van der Waals surface area contributed by atoms with Crippen LogP contribution in [0.15, 0.2) is 28.5 Å². The molecule has 0 spiro atoms. The first-order valence-electron chi connectivity index (χ1n) is 4.73. The summed E-state index contributed by atoms with van der Waals surface area (Å²) in [5.74, 6) is -3.27. The van der Waals surface area contributed by atoms with Gasteiger partial charge in [0.1, 0.15) is 18.0 Å². The number of rotatable bonds is 3. The zero-order valence-corrected chi connectivity index (χ0v) is 9.91. The van der Waals surface area contributed by atoms with E-state index in [4.69, 9.17) is 5.11 Å². The third kappa shape index (κ3) is 2.33. The molecule has 0 unspecified atom stereocenters. The van der Waals surface area contributed by atoms with Gasteiger partial charge in [0.25, 0.3) is 0 Å². The highest BCUT2D eigenvalue weighted by Gasteiger charge is 2.17. The number of carboxylic acids is 1. The highest BCUT2D eigenvalue weighted by Crippen LogP contribution is 2.31. The first-order chi connectivity index (χ1) is 8.49. The van der Waals surface area contributed by atoms with Crippen molar-refractivity contribution in [3.05, 3.63) is 35.7 Å². The summed E-state index contributed by atoms with van der Waals surface area (Å²) in [7, 11) is 1.63. The van der Waals surface area contributed by atoms with Gasteiger partial charge < -0.3 is 9.67 Å². The zero-order chi connectivity index (χ0) is 13.3. The minimum absolute atomic E-state index is 0.302. The number of benzene rings is 1. The Labute approximate surface area is 104 Å². The van der Waals surface area contributed by atoms with Crippen molar-refractivity contribution in [1.82, 2.24) is 14.8 Å². The molecule has 0 amide bonds. The van der Waals surface area contributed by atoms with E-state index in [1.165, 1.54) is 10.9 Å². The van der Waals surface area contributed by atoms with E-state index in [-0.39, 0.29) is 4.90 Å². The van der Waals surface area contributed by atoms with Crippen molar-refractivity contribution in [2.45, 2.75) is 10.1 Å². The molecule has 2 aromatic rings. The first kappa shape index (κ1) is 12.5. The summed E-state index contributed by atoms with van der Waals surface area (Å²) in [4.78, 5) is 10.3. The molecule has 0 bridgehead atoms. The number of aromatic nitrogens is 3. The fraction of sp³-hybridized carbons (Fsp3) is 0.100. The number of nitrogens with zero attached hydrogens (tertiary/aromatic N) is 3. The van der Waals surface area contributed by atoms with E-state index in [0.717, 1.165) is 23.9 Å². The Morgan fingerprint density at radius 3 is 2.44 bits per heavy atom. The van der Waals surface area contributed by atoms with Crippen LogP contribution in [0.5, 0.6) is 0 Å². The number of aryl methyl sites for hydroxylation is 1. The highest BCUT2D eigenvalue weighted by molar-refractivity contribution is 7.99. The van der Waals surface area contributed by atoms with Crippen molar-refractivity contribution < 1.29 is 18.7 Å². The van der Waals surface area contributed by atoms with E-state index < -0.39 is 23.2 Å². The smallest absolute Gasteiger partial charge is 0.335 e. The molecule has 0 atom stereocenters. The van der Waals surface area contributed by atoms with Gasteiger partial charge in [-0.1, -0.05) is 0 Å². The van der Waals surface area contributed by atoms with Crippen LogP contribution < -0.4 is 0 Å². The summed E-state index contributed by atoms with van der Waals surface area (Å²) in [5, 5.41) is 16.2. The van der Waals surface area contributed by atoms with E-state index in [9.17, 15) is 13.6 Å². The molecule has 2 rings (SSSR count). The van der Waals surface area contributed by atoms with E-state index in [2.05, 4.69) is 10.2 Å². The molecular formula is C10H7F2N3O2S. The van der Waals surface area contributed by atoms with Crippen LogP contribution >= 0.6 is 11.8 Å². The third-order valence-corrected chi connectivity index (χ3v) is 3.25. The van der Waals surface area contributed by atoms with Gasteiger partial charge in [0.15, 0.2) is 5.16 Å². The Morgan fingerprint density at radius 1 is 1.39 bits per heavy atom. The molecule has 1 aromatic heterocycles. The first-order valence-corrected chi connectivity index (χ1v) is 5.55. The third-order valence-electron chi connectivity index (χ3n) is 2.11. The summed E-state index contributed by atoms with van der Waals surface area (Å²) in [6.45, 7) is 0. The molecular weight excluding hydrogens is 264 g/mol. The molecule has 1 heterocycles. The van der Waals surface area contributed by atoms with Gasteiger partial charge in [-0.2, -0.15) is 0 Å².